The Morgan fingerprint density at radius 3 is 1.85 bits per heavy atom. The van der Waals surface area contributed by atoms with Crippen LogP contribution in [0.5, 0.6) is 0 Å². The summed E-state index contributed by atoms with van der Waals surface area (Å²) in [5, 5.41) is 9.03. The van der Waals surface area contributed by atoms with Crippen molar-refractivity contribution in [1.29, 1.82) is 0 Å². The molecule has 0 radical (unpaired) electrons. The Morgan fingerprint density at radius 2 is 1.10 bits per heavy atom. The van der Waals surface area contributed by atoms with Crippen molar-refractivity contribution in [2.24, 2.45) is 0 Å². The SMILES string of the molecule is Cc1c(C)n(-c2ccccc2)c2c(/C=C/c3ccc(N(c4ccccc4)c4ccc5ccc6cccc7ccc4c5c67)cc3)cccc12. The fourth-order valence-corrected chi connectivity index (χ4v) is 7.52. The van der Waals surface area contributed by atoms with E-state index in [1.54, 1.807) is 0 Å². The van der Waals surface area contributed by atoms with Crippen LogP contribution in [0.2, 0.25) is 0 Å². The number of fused-ring (bicyclic) bond motifs is 1. The molecular weight excluding hydrogens is 581 g/mol. The van der Waals surface area contributed by atoms with Crippen LogP contribution in [0.4, 0.5) is 17.1 Å². The Kier molecular flexibility index (Phi) is 6.62. The van der Waals surface area contributed by atoms with Gasteiger partial charge in [0.15, 0.2) is 0 Å². The number of anilines is 3. The molecule has 228 valence electrons. The monoisotopic (exact) mass is 614 g/mol. The van der Waals surface area contributed by atoms with Gasteiger partial charge in [-0.1, -0.05) is 127 Å². The second-order valence-electron chi connectivity index (χ2n) is 12.7. The molecule has 0 aliphatic carbocycles. The number of rotatable bonds is 6. The standard InChI is InChI=1S/C46H34N2/c1-31-32(2)47(38-14-5-3-6-15-38)46-37(13-10-18-41(31)46)22-19-33-20-27-40(28-21-33)48(39-16-7-4-8-17-39)43-30-26-36-24-23-34-11-9-12-35-25-29-42(43)45(36)44(34)35/h3-30H,1-2H3/b22-19+. The van der Waals surface area contributed by atoms with Gasteiger partial charge in [0.25, 0.3) is 0 Å². The van der Waals surface area contributed by atoms with E-state index in [0.29, 0.717) is 0 Å². The zero-order chi connectivity index (χ0) is 32.2. The number of para-hydroxylation sites is 3. The van der Waals surface area contributed by atoms with E-state index in [9.17, 15) is 0 Å². The molecular formula is C46H34N2. The van der Waals surface area contributed by atoms with E-state index in [2.05, 4.69) is 193 Å². The van der Waals surface area contributed by atoms with Crippen LogP contribution in [0.15, 0.2) is 158 Å². The van der Waals surface area contributed by atoms with E-state index < -0.39 is 0 Å². The molecule has 0 saturated carbocycles. The summed E-state index contributed by atoms with van der Waals surface area (Å²) in [6.07, 6.45) is 4.49. The molecule has 0 aliphatic rings. The minimum Gasteiger partial charge on any atom is -0.313 e. The number of nitrogens with zero attached hydrogens (tertiary/aromatic N) is 2. The van der Waals surface area contributed by atoms with Crippen molar-refractivity contribution < 1.29 is 0 Å². The van der Waals surface area contributed by atoms with Gasteiger partial charge in [0, 0.05) is 33.5 Å². The first-order chi connectivity index (χ1) is 23.7. The third-order valence-corrected chi connectivity index (χ3v) is 9.95. The van der Waals surface area contributed by atoms with Gasteiger partial charge in [-0.3, -0.25) is 0 Å². The maximum Gasteiger partial charge on any atom is 0.0606 e. The van der Waals surface area contributed by atoms with Crippen LogP contribution >= 0.6 is 0 Å². The molecule has 0 aliphatic heterocycles. The lowest BCUT2D eigenvalue weighted by Crippen LogP contribution is -2.10. The minimum absolute atomic E-state index is 1.12. The van der Waals surface area contributed by atoms with Gasteiger partial charge in [-0.25, -0.2) is 0 Å². The highest BCUT2D eigenvalue weighted by molar-refractivity contribution is 6.25. The first kappa shape index (κ1) is 28.1. The summed E-state index contributed by atoms with van der Waals surface area (Å²) in [4.78, 5) is 2.39. The van der Waals surface area contributed by atoms with Gasteiger partial charge in [-0.2, -0.15) is 0 Å². The molecule has 1 heterocycles. The molecule has 48 heavy (non-hydrogen) atoms. The Morgan fingerprint density at radius 1 is 0.479 bits per heavy atom. The van der Waals surface area contributed by atoms with E-state index in [1.165, 1.54) is 71.4 Å². The normalized spacial score (nSPS) is 11.9. The number of benzene rings is 8. The second-order valence-corrected chi connectivity index (χ2v) is 12.7. The molecule has 1 aromatic heterocycles. The predicted molar refractivity (Wildman–Crippen MR) is 207 cm³/mol. The molecule has 0 unspecified atom stereocenters. The largest absolute Gasteiger partial charge is 0.313 e. The third-order valence-electron chi connectivity index (χ3n) is 9.95. The fourth-order valence-electron chi connectivity index (χ4n) is 7.52. The Hall–Kier alpha value is -6.12. The van der Waals surface area contributed by atoms with E-state index in [-0.39, 0.29) is 0 Å². The maximum atomic E-state index is 2.39. The molecule has 0 spiro atoms. The van der Waals surface area contributed by atoms with Crippen LogP contribution < -0.4 is 4.90 Å². The quantitative estimate of drug-likeness (QED) is 0.134. The highest BCUT2D eigenvalue weighted by Gasteiger charge is 2.18. The molecule has 9 aromatic rings. The van der Waals surface area contributed by atoms with E-state index in [0.717, 1.165) is 16.9 Å². The summed E-state index contributed by atoms with van der Waals surface area (Å²) in [6.45, 7) is 4.44. The van der Waals surface area contributed by atoms with Crippen LogP contribution in [0.25, 0.3) is 61.1 Å². The van der Waals surface area contributed by atoms with E-state index in [4.69, 9.17) is 0 Å². The third kappa shape index (κ3) is 4.49. The van der Waals surface area contributed by atoms with Crippen molar-refractivity contribution >= 4 is 72.4 Å². The van der Waals surface area contributed by atoms with Gasteiger partial charge in [-0.15, -0.1) is 0 Å². The summed E-state index contributed by atoms with van der Waals surface area (Å²) in [6, 6.07) is 57.1. The predicted octanol–water partition coefficient (Wildman–Crippen LogP) is 12.8. The molecule has 0 amide bonds. The molecule has 0 saturated heterocycles. The van der Waals surface area contributed by atoms with E-state index >= 15 is 0 Å². The van der Waals surface area contributed by atoms with Crippen molar-refractivity contribution in [3.05, 3.63) is 180 Å². The first-order valence-electron chi connectivity index (χ1n) is 16.6. The topological polar surface area (TPSA) is 8.17 Å². The maximum absolute atomic E-state index is 2.39. The summed E-state index contributed by atoms with van der Waals surface area (Å²) in [7, 11) is 0. The molecule has 0 N–H and O–H groups in total. The zero-order valence-corrected chi connectivity index (χ0v) is 27.1. The van der Waals surface area contributed by atoms with Crippen LogP contribution in [0, 0.1) is 13.8 Å². The zero-order valence-electron chi connectivity index (χ0n) is 27.1. The van der Waals surface area contributed by atoms with Crippen molar-refractivity contribution in [2.45, 2.75) is 13.8 Å². The Balaban J connectivity index is 1.14. The van der Waals surface area contributed by atoms with Crippen LogP contribution in [-0.4, -0.2) is 4.57 Å². The van der Waals surface area contributed by atoms with Crippen LogP contribution in [-0.2, 0) is 0 Å². The molecule has 8 aromatic carbocycles. The lowest BCUT2D eigenvalue weighted by Gasteiger charge is -2.27. The highest BCUT2D eigenvalue weighted by atomic mass is 15.1. The van der Waals surface area contributed by atoms with Gasteiger partial charge in [0.2, 0.25) is 0 Å². The van der Waals surface area contributed by atoms with Crippen LogP contribution in [0.3, 0.4) is 0 Å². The Bertz CT molecular complexity index is 2590. The highest BCUT2D eigenvalue weighted by Crippen LogP contribution is 2.43. The lowest BCUT2D eigenvalue weighted by atomic mass is 9.93. The molecule has 0 atom stereocenters. The van der Waals surface area contributed by atoms with Crippen molar-refractivity contribution in [3.63, 3.8) is 0 Å². The van der Waals surface area contributed by atoms with Gasteiger partial charge in [0.05, 0.1) is 11.2 Å². The average molecular weight is 615 g/mol. The van der Waals surface area contributed by atoms with Crippen molar-refractivity contribution in [1.82, 2.24) is 4.57 Å². The summed E-state index contributed by atoms with van der Waals surface area (Å²) in [5.41, 5.74) is 10.8. The van der Waals surface area contributed by atoms with Gasteiger partial charge in [-0.05, 0) is 99.9 Å². The smallest absolute Gasteiger partial charge is 0.0606 e. The van der Waals surface area contributed by atoms with Crippen LogP contribution in [0.1, 0.15) is 22.4 Å². The number of hydrogen-bond donors (Lipinski definition) is 0. The lowest BCUT2D eigenvalue weighted by molar-refractivity contribution is 1.04. The Labute approximate surface area is 280 Å². The molecule has 0 bridgehead atoms. The summed E-state index contributed by atoms with van der Waals surface area (Å²) < 4.78 is 2.39. The minimum atomic E-state index is 1.12. The molecule has 2 nitrogen and oxygen atoms in total. The molecule has 9 rings (SSSR count). The first-order valence-corrected chi connectivity index (χ1v) is 16.6. The van der Waals surface area contributed by atoms with Gasteiger partial charge in [0.1, 0.15) is 0 Å². The van der Waals surface area contributed by atoms with Gasteiger partial charge >= 0.3 is 0 Å². The second kappa shape index (κ2) is 11.3. The fraction of sp³-hybridized carbons (Fsp3) is 0.0435. The summed E-state index contributed by atoms with van der Waals surface area (Å²) >= 11 is 0. The van der Waals surface area contributed by atoms with Crippen molar-refractivity contribution in [2.75, 3.05) is 4.90 Å². The van der Waals surface area contributed by atoms with Gasteiger partial charge < -0.3 is 9.47 Å². The molecule has 0 fully saturated rings. The number of aromatic nitrogens is 1. The van der Waals surface area contributed by atoms with E-state index in [1.807, 2.05) is 0 Å². The average Bonchev–Trinajstić information content (AvgIpc) is 3.41. The molecule has 2 heteroatoms. The number of aryl methyl sites for hydroxylation is 1. The summed E-state index contributed by atoms with van der Waals surface area (Å²) in [5.74, 6) is 0. The van der Waals surface area contributed by atoms with Crippen molar-refractivity contribution in [3.8, 4) is 5.69 Å². The number of hydrogen-bond acceptors (Lipinski definition) is 1.